The first kappa shape index (κ1) is 23.8. The predicted molar refractivity (Wildman–Crippen MR) is 133 cm³/mol. The van der Waals surface area contributed by atoms with Crippen molar-refractivity contribution >= 4 is 22.7 Å². The highest BCUT2D eigenvalue weighted by molar-refractivity contribution is 6.16. The van der Waals surface area contributed by atoms with Gasteiger partial charge in [0.2, 0.25) is 5.78 Å². The van der Waals surface area contributed by atoms with Gasteiger partial charge < -0.3 is 19.3 Å². The summed E-state index contributed by atoms with van der Waals surface area (Å²) in [5.74, 6) is -1.38. The Morgan fingerprint density at radius 1 is 1.09 bits per heavy atom. The summed E-state index contributed by atoms with van der Waals surface area (Å²) in [4.78, 5) is 30.4. The average molecular weight is 461 g/mol. The minimum absolute atomic E-state index is 0.0275. The van der Waals surface area contributed by atoms with Gasteiger partial charge in [0, 0.05) is 11.9 Å². The summed E-state index contributed by atoms with van der Waals surface area (Å²) in [7, 11) is 3.95. The third-order valence-electron chi connectivity index (χ3n) is 6.29. The number of aliphatic hydroxyl groups excluding tert-OH is 1. The number of nitrogens with zero attached hydrogens (tertiary/aromatic N) is 2. The van der Waals surface area contributed by atoms with E-state index in [1.807, 2.05) is 61.5 Å². The topological polar surface area (TPSA) is 74.0 Å². The molecule has 0 fully saturated rings. The number of carbonyl (C=O) groups excluding carboxylic acids is 2. The highest BCUT2D eigenvalue weighted by atomic mass is 16.3. The van der Waals surface area contributed by atoms with Crippen LogP contribution in [0.2, 0.25) is 0 Å². The zero-order valence-electron chi connectivity index (χ0n) is 20.5. The Bertz CT molecular complexity index is 1210. The van der Waals surface area contributed by atoms with E-state index in [0.29, 0.717) is 18.5 Å². The van der Waals surface area contributed by atoms with Gasteiger partial charge in [-0.3, -0.25) is 9.59 Å². The van der Waals surface area contributed by atoms with E-state index in [0.717, 1.165) is 23.1 Å². The van der Waals surface area contributed by atoms with Crippen molar-refractivity contribution in [3.63, 3.8) is 0 Å². The number of hydrogen-bond acceptors (Lipinski definition) is 5. The summed E-state index contributed by atoms with van der Waals surface area (Å²) in [6.45, 7) is 7.61. The lowest BCUT2D eigenvalue weighted by molar-refractivity contribution is -0.129. The molecule has 1 aliphatic rings. The highest BCUT2D eigenvalue weighted by Gasteiger charge is 2.44. The second-order valence-electron chi connectivity index (χ2n) is 10.2. The second kappa shape index (κ2) is 9.11. The zero-order chi connectivity index (χ0) is 24.6. The SMILES string of the molecule is CN(C)CCCN1C(=O)C(O)=C(C(=O)c2cc3ccccc3o2)[C@H]1c1ccc(C(C)(C)C)cc1. The summed E-state index contributed by atoms with van der Waals surface area (Å²) < 4.78 is 5.79. The van der Waals surface area contributed by atoms with Crippen molar-refractivity contribution in [1.29, 1.82) is 0 Å². The molecular formula is C28H32N2O4. The van der Waals surface area contributed by atoms with E-state index >= 15 is 0 Å². The number of benzene rings is 2. The Morgan fingerprint density at radius 3 is 2.38 bits per heavy atom. The molecule has 4 rings (SSSR count). The fourth-order valence-corrected chi connectivity index (χ4v) is 4.41. The van der Waals surface area contributed by atoms with Gasteiger partial charge in [-0.25, -0.2) is 0 Å². The summed E-state index contributed by atoms with van der Waals surface area (Å²) in [5.41, 5.74) is 2.56. The number of Topliss-reactive ketones (excluding diaryl/α,β-unsaturated/α-hetero) is 1. The van der Waals surface area contributed by atoms with Crippen LogP contribution in [0.25, 0.3) is 11.0 Å². The minimum Gasteiger partial charge on any atom is -0.503 e. The molecule has 6 nitrogen and oxygen atoms in total. The Morgan fingerprint density at radius 2 is 1.76 bits per heavy atom. The Kier molecular flexibility index (Phi) is 6.36. The molecule has 3 aromatic rings. The first-order valence-corrected chi connectivity index (χ1v) is 11.6. The third kappa shape index (κ3) is 4.50. The van der Waals surface area contributed by atoms with E-state index in [4.69, 9.17) is 4.42 Å². The molecule has 0 radical (unpaired) electrons. The fraction of sp³-hybridized carbons (Fsp3) is 0.357. The van der Waals surface area contributed by atoms with Gasteiger partial charge in [0.25, 0.3) is 5.91 Å². The van der Waals surface area contributed by atoms with Crippen molar-refractivity contribution in [3.8, 4) is 0 Å². The number of rotatable bonds is 7. The Hall–Kier alpha value is -3.38. The van der Waals surface area contributed by atoms with Crippen molar-refractivity contribution in [2.24, 2.45) is 0 Å². The van der Waals surface area contributed by atoms with Gasteiger partial charge in [-0.05, 0) is 55.7 Å². The monoisotopic (exact) mass is 460 g/mol. The van der Waals surface area contributed by atoms with Crippen LogP contribution in [0.1, 0.15) is 54.9 Å². The number of carbonyl (C=O) groups is 2. The molecule has 1 aliphatic heterocycles. The fourth-order valence-electron chi connectivity index (χ4n) is 4.41. The number of fused-ring (bicyclic) bond motifs is 1. The lowest BCUT2D eigenvalue weighted by atomic mass is 9.85. The van der Waals surface area contributed by atoms with Crippen molar-refractivity contribution in [2.75, 3.05) is 27.2 Å². The van der Waals surface area contributed by atoms with E-state index in [2.05, 4.69) is 20.8 Å². The molecule has 0 saturated heterocycles. The van der Waals surface area contributed by atoms with Crippen molar-refractivity contribution in [2.45, 2.75) is 38.6 Å². The smallest absolute Gasteiger partial charge is 0.290 e. The molecule has 178 valence electrons. The van der Waals surface area contributed by atoms with Crippen LogP contribution in [-0.2, 0) is 10.2 Å². The van der Waals surface area contributed by atoms with E-state index in [-0.39, 0.29) is 16.7 Å². The van der Waals surface area contributed by atoms with Crippen LogP contribution in [-0.4, -0.2) is 53.8 Å². The number of aliphatic hydroxyl groups is 1. The Labute approximate surface area is 200 Å². The van der Waals surface area contributed by atoms with Crippen LogP contribution in [0.4, 0.5) is 0 Å². The van der Waals surface area contributed by atoms with E-state index in [1.54, 1.807) is 17.0 Å². The lowest BCUT2D eigenvalue weighted by Crippen LogP contribution is -2.33. The van der Waals surface area contributed by atoms with Crippen molar-refractivity contribution in [3.05, 3.63) is 82.8 Å². The zero-order valence-corrected chi connectivity index (χ0v) is 20.5. The number of furan rings is 1. The molecule has 1 N–H and O–H groups in total. The van der Waals surface area contributed by atoms with Gasteiger partial charge in [0.05, 0.1) is 11.6 Å². The van der Waals surface area contributed by atoms with Crippen LogP contribution in [0.5, 0.6) is 0 Å². The molecule has 0 aliphatic carbocycles. The van der Waals surface area contributed by atoms with E-state index in [9.17, 15) is 14.7 Å². The van der Waals surface area contributed by atoms with Crippen LogP contribution >= 0.6 is 0 Å². The van der Waals surface area contributed by atoms with E-state index < -0.39 is 23.5 Å². The quantitative estimate of drug-likeness (QED) is 0.487. The van der Waals surface area contributed by atoms with Crippen molar-refractivity contribution < 1.29 is 19.1 Å². The molecule has 6 heteroatoms. The molecule has 1 atom stereocenters. The molecule has 0 spiro atoms. The van der Waals surface area contributed by atoms with Gasteiger partial charge >= 0.3 is 0 Å². The van der Waals surface area contributed by atoms with Gasteiger partial charge in [-0.1, -0.05) is 63.2 Å². The summed E-state index contributed by atoms with van der Waals surface area (Å²) >= 11 is 0. The molecule has 0 unspecified atom stereocenters. The molecule has 2 heterocycles. The molecule has 1 amide bonds. The first-order chi connectivity index (χ1) is 16.1. The third-order valence-corrected chi connectivity index (χ3v) is 6.29. The van der Waals surface area contributed by atoms with Gasteiger partial charge in [0.15, 0.2) is 11.5 Å². The van der Waals surface area contributed by atoms with E-state index in [1.165, 1.54) is 0 Å². The van der Waals surface area contributed by atoms with Crippen LogP contribution < -0.4 is 0 Å². The Balaban J connectivity index is 1.75. The molecule has 1 aromatic heterocycles. The average Bonchev–Trinajstić information content (AvgIpc) is 3.33. The maximum atomic E-state index is 13.6. The molecular weight excluding hydrogens is 428 g/mol. The molecule has 34 heavy (non-hydrogen) atoms. The summed E-state index contributed by atoms with van der Waals surface area (Å²) in [6, 6.07) is 16.3. The predicted octanol–water partition coefficient (Wildman–Crippen LogP) is 5.26. The molecule has 0 bridgehead atoms. The van der Waals surface area contributed by atoms with Crippen LogP contribution in [0, 0.1) is 0 Å². The minimum atomic E-state index is -0.676. The van der Waals surface area contributed by atoms with Gasteiger partial charge in [-0.2, -0.15) is 0 Å². The lowest BCUT2D eigenvalue weighted by Gasteiger charge is -2.28. The van der Waals surface area contributed by atoms with Gasteiger partial charge in [0.1, 0.15) is 5.58 Å². The summed E-state index contributed by atoms with van der Waals surface area (Å²) in [5, 5.41) is 11.7. The van der Waals surface area contributed by atoms with Gasteiger partial charge in [-0.15, -0.1) is 0 Å². The maximum Gasteiger partial charge on any atom is 0.290 e. The van der Waals surface area contributed by atoms with Crippen molar-refractivity contribution in [1.82, 2.24) is 9.80 Å². The second-order valence-corrected chi connectivity index (χ2v) is 10.2. The summed E-state index contributed by atoms with van der Waals surface area (Å²) in [6.07, 6.45) is 0.717. The number of amides is 1. The van der Waals surface area contributed by atoms with Crippen LogP contribution in [0.3, 0.4) is 0 Å². The standard InChI is InChI=1S/C28H32N2O4/c1-28(2,3)20-13-11-18(12-14-20)24-23(26(32)27(33)30(24)16-8-15-29(4)5)25(31)22-17-19-9-6-7-10-21(19)34-22/h6-7,9-14,17,24,32H,8,15-16H2,1-5H3/t24-/m1/s1. The maximum absolute atomic E-state index is 13.6. The number of hydrogen-bond donors (Lipinski definition) is 1. The number of ketones is 1. The van der Waals surface area contributed by atoms with Crippen LogP contribution in [0.15, 0.2) is 70.3 Å². The largest absolute Gasteiger partial charge is 0.503 e. The number of para-hydroxylation sites is 1. The highest BCUT2D eigenvalue weighted by Crippen LogP contribution is 2.40. The molecule has 0 saturated carbocycles. The normalized spacial score (nSPS) is 16.8. The first-order valence-electron chi connectivity index (χ1n) is 11.6. The molecule has 2 aromatic carbocycles.